The van der Waals surface area contributed by atoms with Gasteiger partial charge in [-0.25, -0.2) is 0 Å². The molecule has 0 aromatic heterocycles. The van der Waals surface area contributed by atoms with Crippen LogP contribution in [0, 0.1) is 6.92 Å². The van der Waals surface area contributed by atoms with Gasteiger partial charge in [0.1, 0.15) is 0 Å². The Morgan fingerprint density at radius 2 is 1.88 bits per heavy atom. The molecule has 1 atom stereocenters. The van der Waals surface area contributed by atoms with Crippen molar-refractivity contribution in [3.05, 3.63) is 64.2 Å². The highest BCUT2D eigenvalue weighted by atomic mass is 32.2. The molecule has 0 aliphatic carbocycles. The molecule has 0 saturated carbocycles. The van der Waals surface area contributed by atoms with Gasteiger partial charge in [0.15, 0.2) is 0 Å². The van der Waals surface area contributed by atoms with E-state index in [1.165, 1.54) is 11.0 Å². The number of rotatable bonds is 6. The smallest absolute Gasteiger partial charge is 0.261 e. The van der Waals surface area contributed by atoms with Crippen molar-refractivity contribution >= 4 is 35.2 Å². The Morgan fingerprint density at radius 1 is 1.09 bits per heavy atom. The summed E-state index contributed by atoms with van der Waals surface area (Å²) in [4.78, 5) is 42.4. The van der Waals surface area contributed by atoms with Crippen LogP contribution < -0.4 is 5.32 Å². The van der Waals surface area contributed by atoms with Gasteiger partial charge in [0.2, 0.25) is 0 Å². The van der Waals surface area contributed by atoms with E-state index >= 15 is 0 Å². The number of carbonyl (C=O) groups is 3. The Bertz CT molecular complexity index is 1120. The van der Waals surface area contributed by atoms with Crippen LogP contribution in [-0.2, 0) is 11.3 Å². The minimum absolute atomic E-state index is 0.107. The number of nitrogens with one attached hydrogen (secondary N) is 1. The standard InChI is InChI=1S/C26H29N3O4S/c1-17-4-5-18(15-28-8-11-34-12-9-28)13-23(17)27-24(30)19-6-7-21-22(14-19)26(32)29(25(21)31)16-20-3-2-10-33-20/h4-7,13-14,20H,2-3,8-12,15-16H2,1H3,(H,27,30). The summed E-state index contributed by atoms with van der Waals surface area (Å²) in [6, 6.07) is 10.9. The van der Waals surface area contributed by atoms with Gasteiger partial charge in [-0.2, -0.15) is 11.8 Å². The lowest BCUT2D eigenvalue weighted by molar-refractivity contribution is 0.0475. The second kappa shape index (κ2) is 9.90. The summed E-state index contributed by atoms with van der Waals surface area (Å²) < 4.78 is 5.59. The highest BCUT2D eigenvalue weighted by molar-refractivity contribution is 7.99. The first-order valence-electron chi connectivity index (χ1n) is 11.8. The molecule has 3 amide bonds. The number of carbonyl (C=O) groups excluding carboxylic acids is 3. The average Bonchev–Trinajstić information content (AvgIpc) is 3.44. The lowest BCUT2D eigenvalue weighted by Gasteiger charge is -2.26. The fraction of sp³-hybridized carbons (Fsp3) is 0.423. The Hall–Kier alpha value is -2.68. The van der Waals surface area contributed by atoms with Gasteiger partial charge in [-0.3, -0.25) is 24.2 Å². The second-order valence-corrected chi connectivity index (χ2v) is 10.3. The predicted molar refractivity (Wildman–Crippen MR) is 133 cm³/mol. The Balaban J connectivity index is 1.30. The molecule has 2 aromatic carbocycles. The number of ether oxygens (including phenoxy) is 1. The Morgan fingerprint density at radius 3 is 2.65 bits per heavy atom. The summed E-state index contributed by atoms with van der Waals surface area (Å²) in [6.45, 7) is 5.90. The van der Waals surface area contributed by atoms with Crippen LogP contribution in [0.1, 0.15) is 55.0 Å². The normalized spacial score (nSPS) is 20.6. The number of amides is 3. The van der Waals surface area contributed by atoms with Crippen LogP contribution in [0.3, 0.4) is 0 Å². The molecule has 3 aliphatic rings. The molecule has 2 aromatic rings. The lowest BCUT2D eigenvalue weighted by Crippen LogP contribution is -2.36. The molecule has 34 heavy (non-hydrogen) atoms. The number of thioether (sulfide) groups is 1. The van der Waals surface area contributed by atoms with E-state index in [1.54, 1.807) is 12.1 Å². The molecule has 3 aliphatic heterocycles. The zero-order valence-electron chi connectivity index (χ0n) is 19.3. The van der Waals surface area contributed by atoms with Gasteiger partial charge in [-0.15, -0.1) is 0 Å². The number of aryl methyl sites for hydroxylation is 1. The van der Waals surface area contributed by atoms with E-state index in [0.29, 0.717) is 17.7 Å². The van der Waals surface area contributed by atoms with Crippen molar-refractivity contribution in [1.29, 1.82) is 0 Å². The van der Waals surface area contributed by atoms with Crippen LogP contribution in [0.2, 0.25) is 0 Å². The molecule has 0 bridgehead atoms. The number of fused-ring (bicyclic) bond motifs is 1. The van der Waals surface area contributed by atoms with Gasteiger partial charge in [0.25, 0.3) is 17.7 Å². The zero-order valence-corrected chi connectivity index (χ0v) is 20.2. The maximum atomic E-state index is 13.1. The SMILES string of the molecule is Cc1ccc(CN2CCSCC2)cc1NC(=O)c1ccc2c(c1)C(=O)N(CC1CCCO1)C2=O. The van der Waals surface area contributed by atoms with Gasteiger partial charge in [-0.05, 0) is 55.2 Å². The van der Waals surface area contributed by atoms with Gasteiger partial charge >= 0.3 is 0 Å². The fourth-order valence-electron chi connectivity index (χ4n) is 4.70. The molecule has 1 N–H and O–H groups in total. The molecule has 178 valence electrons. The molecule has 0 spiro atoms. The van der Waals surface area contributed by atoms with E-state index in [4.69, 9.17) is 4.74 Å². The van der Waals surface area contributed by atoms with Gasteiger partial charge in [-0.1, -0.05) is 12.1 Å². The number of benzene rings is 2. The molecule has 1 unspecified atom stereocenters. The van der Waals surface area contributed by atoms with Crippen molar-refractivity contribution < 1.29 is 19.1 Å². The summed E-state index contributed by atoms with van der Waals surface area (Å²) in [6.07, 6.45) is 1.68. The van der Waals surface area contributed by atoms with Gasteiger partial charge < -0.3 is 10.1 Å². The summed E-state index contributed by atoms with van der Waals surface area (Å²) >= 11 is 1.98. The quantitative estimate of drug-likeness (QED) is 0.638. The third-order valence-electron chi connectivity index (χ3n) is 6.70. The van der Waals surface area contributed by atoms with Crippen LogP contribution in [0.15, 0.2) is 36.4 Å². The highest BCUT2D eigenvalue weighted by Crippen LogP contribution is 2.27. The van der Waals surface area contributed by atoms with Gasteiger partial charge in [0, 0.05) is 49.0 Å². The first kappa shape index (κ1) is 23.1. The molecular formula is C26H29N3O4S. The summed E-state index contributed by atoms with van der Waals surface area (Å²) in [5, 5.41) is 3.00. The van der Waals surface area contributed by atoms with Crippen LogP contribution in [0.25, 0.3) is 0 Å². The van der Waals surface area contributed by atoms with E-state index in [9.17, 15) is 14.4 Å². The minimum atomic E-state index is -0.358. The van der Waals surface area contributed by atoms with E-state index in [2.05, 4.69) is 16.3 Å². The zero-order chi connectivity index (χ0) is 23.7. The monoisotopic (exact) mass is 479 g/mol. The Kier molecular flexibility index (Phi) is 6.72. The molecule has 0 radical (unpaired) electrons. The van der Waals surface area contributed by atoms with Crippen molar-refractivity contribution in [3.63, 3.8) is 0 Å². The number of nitrogens with zero attached hydrogens (tertiary/aromatic N) is 2. The van der Waals surface area contributed by atoms with Crippen molar-refractivity contribution in [3.8, 4) is 0 Å². The van der Waals surface area contributed by atoms with E-state index < -0.39 is 0 Å². The van der Waals surface area contributed by atoms with E-state index in [1.807, 2.05) is 30.8 Å². The average molecular weight is 480 g/mol. The molecule has 7 nitrogen and oxygen atoms in total. The van der Waals surface area contributed by atoms with Crippen LogP contribution >= 0.6 is 11.8 Å². The van der Waals surface area contributed by atoms with E-state index in [-0.39, 0.29) is 35.9 Å². The molecule has 8 heteroatoms. The first-order chi connectivity index (χ1) is 16.5. The number of anilines is 1. The fourth-order valence-corrected chi connectivity index (χ4v) is 5.68. The molecule has 2 saturated heterocycles. The van der Waals surface area contributed by atoms with Crippen molar-refractivity contribution in [1.82, 2.24) is 9.80 Å². The number of hydrogen-bond donors (Lipinski definition) is 1. The van der Waals surface area contributed by atoms with Crippen LogP contribution in [-0.4, -0.2) is 71.4 Å². The summed E-state index contributed by atoms with van der Waals surface area (Å²) in [5.41, 5.74) is 3.88. The maximum Gasteiger partial charge on any atom is 0.261 e. The predicted octanol–water partition coefficient (Wildman–Crippen LogP) is 3.57. The van der Waals surface area contributed by atoms with Crippen LogP contribution in [0.5, 0.6) is 0 Å². The first-order valence-corrected chi connectivity index (χ1v) is 13.0. The topological polar surface area (TPSA) is 79.0 Å². The Labute approximate surface area is 203 Å². The lowest BCUT2D eigenvalue weighted by atomic mass is 10.0. The van der Waals surface area contributed by atoms with Crippen molar-refractivity contribution in [2.24, 2.45) is 0 Å². The minimum Gasteiger partial charge on any atom is -0.376 e. The van der Waals surface area contributed by atoms with E-state index in [0.717, 1.165) is 60.8 Å². The van der Waals surface area contributed by atoms with Crippen molar-refractivity contribution in [2.45, 2.75) is 32.4 Å². The largest absolute Gasteiger partial charge is 0.376 e. The number of hydrogen-bond acceptors (Lipinski definition) is 6. The summed E-state index contributed by atoms with van der Waals surface area (Å²) in [5.74, 6) is 1.33. The third-order valence-corrected chi connectivity index (χ3v) is 7.65. The molecule has 3 heterocycles. The van der Waals surface area contributed by atoms with Gasteiger partial charge in [0.05, 0.1) is 23.8 Å². The van der Waals surface area contributed by atoms with Crippen molar-refractivity contribution in [2.75, 3.05) is 43.1 Å². The summed E-state index contributed by atoms with van der Waals surface area (Å²) in [7, 11) is 0. The molecule has 5 rings (SSSR count). The highest BCUT2D eigenvalue weighted by Gasteiger charge is 2.38. The number of imide groups is 1. The molecular weight excluding hydrogens is 450 g/mol. The third kappa shape index (κ3) is 4.76. The second-order valence-electron chi connectivity index (χ2n) is 9.11. The molecule has 2 fully saturated rings. The van der Waals surface area contributed by atoms with Crippen LogP contribution in [0.4, 0.5) is 5.69 Å². The maximum absolute atomic E-state index is 13.1.